The minimum Gasteiger partial charge on any atom is -0.383 e. The van der Waals surface area contributed by atoms with Crippen molar-refractivity contribution in [2.75, 3.05) is 5.73 Å². The molecule has 0 aliphatic heterocycles. The summed E-state index contributed by atoms with van der Waals surface area (Å²) in [7, 11) is 0. The van der Waals surface area contributed by atoms with Crippen LogP contribution in [0.25, 0.3) is 10.8 Å². The molecule has 2 rings (SSSR count). The fourth-order valence-electron chi connectivity index (χ4n) is 1.07. The van der Waals surface area contributed by atoms with Crippen molar-refractivity contribution in [2.24, 2.45) is 0 Å². The average Bonchev–Trinajstić information content (AvgIpc) is 2.12. The number of nitrogens with zero attached hydrogens (tertiary/aromatic N) is 2. The summed E-state index contributed by atoms with van der Waals surface area (Å²) in [5.41, 5.74) is 5.65. The number of nitrogen functional groups attached to an aromatic ring is 1. The number of rotatable bonds is 0. The fraction of sp³-hybridized carbons (Fsp3) is 0. The predicted molar refractivity (Wildman–Crippen MR) is 51.7 cm³/mol. The van der Waals surface area contributed by atoms with Crippen molar-refractivity contribution in [1.29, 1.82) is 0 Å². The van der Waals surface area contributed by atoms with Gasteiger partial charge in [0.2, 0.25) is 0 Å². The van der Waals surface area contributed by atoms with E-state index < -0.39 is 0 Å². The van der Waals surface area contributed by atoms with Gasteiger partial charge in [0.25, 0.3) is 0 Å². The van der Waals surface area contributed by atoms with Gasteiger partial charge in [-0.2, -0.15) is 0 Å². The highest BCUT2D eigenvalue weighted by Crippen LogP contribution is 2.24. The van der Waals surface area contributed by atoms with E-state index in [4.69, 9.17) is 5.73 Å². The van der Waals surface area contributed by atoms with Crippen molar-refractivity contribution in [3.05, 3.63) is 29.1 Å². The fourth-order valence-corrected chi connectivity index (χ4v) is 1.52. The standard InChI is InChI=1S/C8H6BrN3/c9-7-4-12-8(10)6-3-11-2-1-5(6)7/h1-4H,(H2,10,12). The van der Waals surface area contributed by atoms with Crippen LogP contribution in [-0.4, -0.2) is 9.97 Å². The van der Waals surface area contributed by atoms with Crippen molar-refractivity contribution >= 4 is 32.5 Å². The van der Waals surface area contributed by atoms with E-state index in [0.29, 0.717) is 5.82 Å². The smallest absolute Gasteiger partial charge is 0.132 e. The van der Waals surface area contributed by atoms with Crippen molar-refractivity contribution < 1.29 is 0 Å². The largest absolute Gasteiger partial charge is 0.383 e. The molecule has 4 heteroatoms. The average molecular weight is 224 g/mol. The number of hydrogen-bond donors (Lipinski definition) is 1. The van der Waals surface area contributed by atoms with Gasteiger partial charge < -0.3 is 5.73 Å². The van der Waals surface area contributed by atoms with Gasteiger partial charge in [-0.15, -0.1) is 0 Å². The molecule has 0 amide bonds. The normalized spacial score (nSPS) is 10.4. The number of nitrogens with two attached hydrogens (primary N) is 1. The second-order valence-electron chi connectivity index (χ2n) is 2.41. The van der Waals surface area contributed by atoms with E-state index in [-0.39, 0.29) is 0 Å². The Morgan fingerprint density at radius 3 is 2.83 bits per heavy atom. The van der Waals surface area contributed by atoms with Crippen LogP contribution in [0.2, 0.25) is 0 Å². The minimum absolute atomic E-state index is 0.515. The maximum absolute atomic E-state index is 5.65. The number of anilines is 1. The van der Waals surface area contributed by atoms with Crippen LogP contribution in [-0.2, 0) is 0 Å². The molecule has 2 aromatic heterocycles. The van der Waals surface area contributed by atoms with E-state index in [0.717, 1.165) is 15.2 Å². The lowest BCUT2D eigenvalue weighted by molar-refractivity contribution is 1.31. The zero-order chi connectivity index (χ0) is 8.55. The SMILES string of the molecule is Nc1ncc(Br)c2ccncc12. The number of pyridine rings is 2. The van der Waals surface area contributed by atoms with E-state index in [1.165, 1.54) is 0 Å². The molecule has 0 bridgehead atoms. The first-order chi connectivity index (χ1) is 5.79. The Kier molecular flexibility index (Phi) is 1.69. The molecule has 0 aliphatic carbocycles. The molecule has 0 spiro atoms. The summed E-state index contributed by atoms with van der Waals surface area (Å²) in [6.07, 6.45) is 5.13. The third kappa shape index (κ3) is 1.04. The minimum atomic E-state index is 0.515. The monoisotopic (exact) mass is 223 g/mol. The zero-order valence-corrected chi connectivity index (χ0v) is 7.75. The Morgan fingerprint density at radius 1 is 1.25 bits per heavy atom. The van der Waals surface area contributed by atoms with Crippen molar-refractivity contribution in [2.45, 2.75) is 0 Å². The maximum Gasteiger partial charge on any atom is 0.132 e. The van der Waals surface area contributed by atoms with Gasteiger partial charge in [0, 0.05) is 33.8 Å². The van der Waals surface area contributed by atoms with Gasteiger partial charge >= 0.3 is 0 Å². The second kappa shape index (κ2) is 2.71. The maximum atomic E-state index is 5.65. The summed E-state index contributed by atoms with van der Waals surface area (Å²) in [5, 5.41) is 1.92. The lowest BCUT2D eigenvalue weighted by Crippen LogP contribution is -1.91. The first kappa shape index (κ1) is 7.49. The van der Waals surface area contributed by atoms with E-state index in [1.807, 2.05) is 6.07 Å². The second-order valence-corrected chi connectivity index (χ2v) is 3.27. The van der Waals surface area contributed by atoms with Crippen molar-refractivity contribution in [1.82, 2.24) is 9.97 Å². The number of halogens is 1. The number of hydrogen-bond acceptors (Lipinski definition) is 3. The molecular weight excluding hydrogens is 218 g/mol. The molecule has 0 saturated heterocycles. The van der Waals surface area contributed by atoms with Gasteiger partial charge in [-0.25, -0.2) is 4.98 Å². The predicted octanol–water partition coefficient (Wildman–Crippen LogP) is 1.97. The highest BCUT2D eigenvalue weighted by atomic mass is 79.9. The molecule has 60 valence electrons. The number of aromatic nitrogens is 2. The van der Waals surface area contributed by atoms with Crippen LogP contribution in [0.15, 0.2) is 29.1 Å². The van der Waals surface area contributed by atoms with Gasteiger partial charge in [0.1, 0.15) is 5.82 Å². The van der Waals surface area contributed by atoms with Crippen molar-refractivity contribution in [3.63, 3.8) is 0 Å². The molecule has 12 heavy (non-hydrogen) atoms. The van der Waals surface area contributed by atoms with E-state index in [1.54, 1.807) is 18.6 Å². The van der Waals surface area contributed by atoms with E-state index in [9.17, 15) is 0 Å². The quantitative estimate of drug-likeness (QED) is 0.744. The van der Waals surface area contributed by atoms with Crippen LogP contribution in [0.3, 0.4) is 0 Å². The summed E-state index contributed by atoms with van der Waals surface area (Å²) in [6.45, 7) is 0. The Morgan fingerprint density at radius 2 is 2.08 bits per heavy atom. The Bertz CT molecular complexity index is 387. The molecule has 0 aliphatic rings. The van der Waals surface area contributed by atoms with Crippen LogP contribution >= 0.6 is 15.9 Å². The molecule has 0 atom stereocenters. The first-order valence-electron chi connectivity index (χ1n) is 3.43. The van der Waals surface area contributed by atoms with Crippen LogP contribution in [0.1, 0.15) is 0 Å². The molecule has 3 nitrogen and oxygen atoms in total. The van der Waals surface area contributed by atoms with Crippen LogP contribution in [0, 0.1) is 0 Å². The van der Waals surface area contributed by atoms with E-state index in [2.05, 4.69) is 25.9 Å². The molecule has 2 N–H and O–H groups in total. The third-order valence-electron chi connectivity index (χ3n) is 1.67. The summed E-state index contributed by atoms with van der Waals surface area (Å²) in [5.74, 6) is 0.515. The summed E-state index contributed by atoms with van der Waals surface area (Å²) in [4.78, 5) is 7.97. The van der Waals surface area contributed by atoms with Gasteiger partial charge in [-0.3, -0.25) is 4.98 Å². The van der Waals surface area contributed by atoms with Gasteiger partial charge in [-0.1, -0.05) is 0 Å². The van der Waals surface area contributed by atoms with Crippen LogP contribution < -0.4 is 5.73 Å². The first-order valence-corrected chi connectivity index (χ1v) is 4.22. The molecule has 0 saturated carbocycles. The summed E-state index contributed by atoms with van der Waals surface area (Å²) >= 11 is 3.39. The number of fused-ring (bicyclic) bond motifs is 1. The van der Waals surface area contributed by atoms with Gasteiger partial charge in [0.05, 0.1) is 0 Å². The lowest BCUT2D eigenvalue weighted by atomic mass is 10.2. The highest BCUT2D eigenvalue weighted by Gasteiger charge is 2.01. The molecule has 0 aromatic carbocycles. The zero-order valence-electron chi connectivity index (χ0n) is 6.16. The Labute approximate surface area is 77.8 Å². The molecule has 0 radical (unpaired) electrons. The highest BCUT2D eigenvalue weighted by molar-refractivity contribution is 9.10. The van der Waals surface area contributed by atoms with Crippen LogP contribution in [0.4, 0.5) is 5.82 Å². The Hall–Kier alpha value is -1.16. The molecule has 2 aromatic rings. The Balaban J connectivity index is 2.95. The van der Waals surface area contributed by atoms with E-state index >= 15 is 0 Å². The molecule has 0 fully saturated rings. The summed E-state index contributed by atoms with van der Waals surface area (Å²) < 4.78 is 0.939. The topological polar surface area (TPSA) is 51.8 Å². The van der Waals surface area contributed by atoms with Crippen LogP contribution in [0.5, 0.6) is 0 Å². The van der Waals surface area contributed by atoms with Gasteiger partial charge in [0.15, 0.2) is 0 Å². The molecule has 2 heterocycles. The summed E-state index contributed by atoms with van der Waals surface area (Å²) in [6, 6.07) is 1.90. The lowest BCUT2D eigenvalue weighted by Gasteiger charge is -2.00. The molecular formula is C8H6BrN3. The van der Waals surface area contributed by atoms with Gasteiger partial charge in [-0.05, 0) is 22.0 Å². The molecule has 0 unspecified atom stereocenters. The van der Waals surface area contributed by atoms with Crippen molar-refractivity contribution in [3.8, 4) is 0 Å². The third-order valence-corrected chi connectivity index (χ3v) is 2.30.